The summed E-state index contributed by atoms with van der Waals surface area (Å²) in [6.07, 6.45) is 1.71. The average molecular weight is 401 g/mol. The molecule has 0 aromatic heterocycles. The van der Waals surface area contributed by atoms with Crippen molar-refractivity contribution in [2.75, 3.05) is 18.5 Å². The highest BCUT2D eigenvalue weighted by molar-refractivity contribution is 6.02. The van der Waals surface area contributed by atoms with Crippen LogP contribution in [0.25, 0.3) is 0 Å². The van der Waals surface area contributed by atoms with E-state index < -0.39 is 5.66 Å². The number of hydrogen-bond acceptors (Lipinski definition) is 3. The molecule has 0 aliphatic carbocycles. The number of anilines is 1. The molecule has 1 heterocycles. The summed E-state index contributed by atoms with van der Waals surface area (Å²) in [6.45, 7) is 5.40. The molecule has 3 aromatic carbocycles. The van der Waals surface area contributed by atoms with E-state index >= 15 is 0 Å². The maximum absolute atomic E-state index is 13.4. The third kappa shape index (κ3) is 3.78. The molecule has 0 saturated heterocycles. The molecule has 1 aliphatic rings. The molecule has 0 radical (unpaired) electrons. The molecule has 4 nitrogen and oxygen atoms in total. The minimum Gasteiger partial charge on any atom is -0.493 e. The SMILES string of the molecule is CCCN1C(=O)c2ccccc2NC1(C)c1ccccc1OCCc1ccccc1. The quantitative estimate of drug-likeness (QED) is 0.573. The van der Waals surface area contributed by atoms with Gasteiger partial charge in [0.05, 0.1) is 12.2 Å². The fourth-order valence-corrected chi connectivity index (χ4v) is 4.14. The van der Waals surface area contributed by atoms with E-state index in [0.717, 1.165) is 29.8 Å². The Kier molecular flexibility index (Phi) is 5.75. The van der Waals surface area contributed by atoms with Gasteiger partial charge in [0.1, 0.15) is 11.4 Å². The molecule has 4 rings (SSSR count). The van der Waals surface area contributed by atoms with Gasteiger partial charge < -0.3 is 15.0 Å². The average Bonchev–Trinajstić information content (AvgIpc) is 2.78. The lowest BCUT2D eigenvalue weighted by Gasteiger charge is -2.47. The minimum absolute atomic E-state index is 0.0489. The number of fused-ring (bicyclic) bond motifs is 1. The van der Waals surface area contributed by atoms with E-state index in [1.165, 1.54) is 5.56 Å². The summed E-state index contributed by atoms with van der Waals surface area (Å²) in [5, 5.41) is 3.63. The van der Waals surface area contributed by atoms with Crippen molar-refractivity contribution < 1.29 is 9.53 Å². The van der Waals surface area contributed by atoms with Crippen molar-refractivity contribution in [1.29, 1.82) is 0 Å². The summed E-state index contributed by atoms with van der Waals surface area (Å²) < 4.78 is 6.23. The Bertz CT molecular complexity index is 1020. The van der Waals surface area contributed by atoms with Gasteiger partial charge in [-0.1, -0.05) is 67.6 Å². The van der Waals surface area contributed by atoms with E-state index in [-0.39, 0.29) is 5.91 Å². The van der Waals surface area contributed by atoms with Crippen molar-refractivity contribution in [2.24, 2.45) is 0 Å². The molecule has 1 amide bonds. The van der Waals surface area contributed by atoms with Crippen LogP contribution in [0, 0.1) is 0 Å². The Balaban J connectivity index is 1.65. The summed E-state index contributed by atoms with van der Waals surface area (Å²) >= 11 is 0. The molecule has 0 spiro atoms. The third-order valence-electron chi connectivity index (χ3n) is 5.67. The van der Waals surface area contributed by atoms with E-state index in [4.69, 9.17) is 4.74 Å². The highest BCUT2D eigenvalue weighted by Gasteiger charge is 2.43. The van der Waals surface area contributed by atoms with Gasteiger partial charge in [-0.25, -0.2) is 0 Å². The van der Waals surface area contributed by atoms with Crippen LogP contribution in [0.15, 0.2) is 78.9 Å². The topological polar surface area (TPSA) is 41.6 Å². The second kappa shape index (κ2) is 8.62. The van der Waals surface area contributed by atoms with Crippen molar-refractivity contribution in [3.63, 3.8) is 0 Å². The number of rotatable bonds is 7. The van der Waals surface area contributed by atoms with Crippen molar-refractivity contribution in [3.8, 4) is 5.75 Å². The molecule has 1 aliphatic heterocycles. The second-order valence-corrected chi connectivity index (χ2v) is 7.78. The molecule has 1 N–H and O–H groups in total. The molecule has 154 valence electrons. The van der Waals surface area contributed by atoms with Crippen LogP contribution in [0.3, 0.4) is 0 Å². The molecule has 3 aromatic rings. The molecule has 0 bridgehead atoms. The Morgan fingerprint density at radius 1 is 0.933 bits per heavy atom. The highest BCUT2D eigenvalue weighted by Crippen LogP contribution is 2.41. The molecular formula is C26H28N2O2. The third-order valence-corrected chi connectivity index (χ3v) is 5.67. The van der Waals surface area contributed by atoms with Gasteiger partial charge in [0.2, 0.25) is 0 Å². The summed E-state index contributed by atoms with van der Waals surface area (Å²) in [5.74, 6) is 0.851. The maximum Gasteiger partial charge on any atom is 0.258 e. The van der Waals surface area contributed by atoms with Crippen LogP contribution < -0.4 is 10.1 Å². The van der Waals surface area contributed by atoms with Gasteiger partial charge >= 0.3 is 0 Å². The highest BCUT2D eigenvalue weighted by atomic mass is 16.5. The Hall–Kier alpha value is -3.27. The van der Waals surface area contributed by atoms with Gasteiger partial charge in [0.25, 0.3) is 5.91 Å². The van der Waals surface area contributed by atoms with Crippen LogP contribution in [0.2, 0.25) is 0 Å². The lowest BCUT2D eigenvalue weighted by atomic mass is 9.92. The number of carbonyl (C=O) groups is 1. The van der Waals surface area contributed by atoms with Crippen LogP contribution in [0.5, 0.6) is 5.75 Å². The molecular weight excluding hydrogens is 372 g/mol. The lowest BCUT2D eigenvalue weighted by Crippen LogP contribution is -2.56. The number of hydrogen-bond donors (Lipinski definition) is 1. The van der Waals surface area contributed by atoms with Crippen LogP contribution in [0.4, 0.5) is 5.69 Å². The van der Waals surface area contributed by atoms with Gasteiger partial charge in [0, 0.05) is 24.2 Å². The summed E-state index contributed by atoms with van der Waals surface area (Å²) in [4.78, 5) is 15.3. The fraction of sp³-hybridized carbons (Fsp3) is 0.269. The summed E-state index contributed by atoms with van der Waals surface area (Å²) in [6, 6.07) is 26.1. The van der Waals surface area contributed by atoms with E-state index in [9.17, 15) is 4.79 Å². The molecule has 0 saturated carbocycles. The predicted octanol–water partition coefficient (Wildman–Crippen LogP) is 5.46. The largest absolute Gasteiger partial charge is 0.493 e. The molecule has 4 heteroatoms. The molecule has 1 atom stereocenters. The standard InChI is InChI=1S/C26H28N2O2/c1-3-18-28-25(29)21-13-7-9-15-23(21)27-26(28,2)22-14-8-10-16-24(22)30-19-17-20-11-5-4-6-12-20/h4-16,27H,3,17-19H2,1-2H3. The Morgan fingerprint density at radius 3 is 2.43 bits per heavy atom. The first-order valence-corrected chi connectivity index (χ1v) is 10.6. The van der Waals surface area contributed by atoms with Crippen LogP contribution in [-0.2, 0) is 12.1 Å². The van der Waals surface area contributed by atoms with Crippen LogP contribution >= 0.6 is 0 Å². The Morgan fingerprint density at radius 2 is 1.63 bits per heavy atom. The summed E-state index contributed by atoms with van der Waals surface area (Å²) in [5.41, 5.74) is 3.09. The zero-order valence-electron chi connectivity index (χ0n) is 17.6. The normalized spacial score (nSPS) is 17.9. The van der Waals surface area contributed by atoms with E-state index in [0.29, 0.717) is 18.7 Å². The van der Waals surface area contributed by atoms with Gasteiger partial charge in [-0.05, 0) is 37.1 Å². The minimum atomic E-state index is -0.690. The number of benzene rings is 3. The predicted molar refractivity (Wildman–Crippen MR) is 121 cm³/mol. The maximum atomic E-state index is 13.4. The van der Waals surface area contributed by atoms with E-state index in [1.54, 1.807) is 0 Å². The zero-order valence-corrected chi connectivity index (χ0v) is 17.6. The van der Waals surface area contributed by atoms with Crippen LogP contribution in [0.1, 0.15) is 41.8 Å². The smallest absolute Gasteiger partial charge is 0.258 e. The van der Waals surface area contributed by atoms with Gasteiger partial charge in [-0.15, -0.1) is 0 Å². The number of nitrogens with one attached hydrogen (secondary N) is 1. The Labute approximate surface area is 178 Å². The monoisotopic (exact) mass is 400 g/mol. The lowest BCUT2D eigenvalue weighted by molar-refractivity contribution is 0.0529. The van der Waals surface area contributed by atoms with Crippen molar-refractivity contribution >= 4 is 11.6 Å². The summed E-state index contributed by atoms with van der Waals surface area (Å²) in [7, 11) is 0. The van der Waals surface area contributed by atoms with Crippen molar-refractivity contribution in [1.82, 2.24) is 4.90 Å². The van der Waals surface area contributed by atoms with Gasteiger partial charge in [-0.2, -0.15) is 0 Å². The fourth-order valence-electron chi connectivity index (χ4n) is 4.14. The van der Waals surface area contributed by atoms with Crippen molar-refractivity contribution in [3.05, 3.63) is 95.6 Å². The zero-order chi connectivity index (χ0) is 21.0. The second-order valence-electron chi connectivity index (χ2n) is 7.78. The van der Waals surface area contributed by atoms with Crippen molar-refractivity contribution in [2.45, 2.75) is 32.4 Å². The number of amides is 1. The molecule has 30 heavy (non-hydrogen) atoms. The van der Waals surface area contributed by atoms with Gasteiger partial charge in [-0.3, -0.25) is 4.79 Å². The number of nitrogens with zero attached hydrogens (tertiary/aromatic N) is 1. The first-order valence-electron chi connectivity index (χ1n) is 10.6. The first kappa shape index (κ1) is 20.0. The number of para-hydroxylation sites is 2. The van der Waals surface area contributed by atoms with E-state index in [2.05, 4.69) is 37.4 Å². The number of ether oxygens (including phenoxy) is 1. The molecule has 1 unspecified atom stereocenters. The molecule has 0 fully saturated rings. The number of carbonyl (C=O) groups excluding carboxylic acids is 1. The first-order chi connectivity index (χ1) is 14.6. The van der Waals surface area contributed by atoms with Gasteiger partial charge in [0.15, 0.2) is 0 Å². The van der Waals surface area contributed by atoms with E-state index in [1.807, 2.05) is 65.6 Å². The van der Waals surface area contributed by atoms with Crippen LogP contribution in [-0.4, -0.2) is 24.0 Å².